The summed E-state index contributed by atoms with van der Waals surface area (Å²) in [5, 5.41) is 3.51. The molecule has 3 heteroatoms. The molecular weight excluding hydrogens is 166 g/mol. The minimum absolute atomic E-state index is 0.470. The summed E-state index contributed by atoms with van der Waals surface area (Å²) in [6.07, 6.45) is 4.90. The highest BCUT2D eigenvalue weighted by atomic mass is 16.5. The highest BCUT2D eigenvalue weighted by Crippen LogP contribution is 2.42. The number of hydrogen-bond acceptors (Lipinski definition) is 3. The summed E-state index contributed by atoms with van der Waals surface area (Å²) >= 11 is 0. The van der Waals surface area contributed by atoms with Crippen molar-refractivity contribution < 1.29 is 9.53 Å². The molecule has 74 valence electrons. The summed E-state index contributed by atoms with van der Waals surface area (Å²) in [4.78, 5) is 10.0. The number of rotatable bonds is 3. The summed E-state index contributed by atoms with van der Waals surface area (Å²) in [7, 11) is 0. The van der Waals surface area contributed by atoms with Gasteiger partial charge in [-0.3, -0.25) is 4.79 Å². The van der Waals surface area contributed by atoms with Crippen molar-refractivity contribution in [1.82, 2.24) is 5.32 Å². The van der Waals surface area contributed by atoms with Crippen LogP contribution in [0.15, 0.2) is 0 Å². The first kappa shape index (κ1) is 9.00. The molecule has 1 heterocycles. The van der Waals surface area contributed by atoms with Crippen LogP contribution in [-0.4, -0.2) is 24.7 Å². The molecule has 1 saturated heterocycles. The molecule has 1 spiro atoms. The Kier molecular flexibility index (Phi) is 2.28. The van der Waals surface area contributed by atoms with Crippen LogP contribution in [0.25, 0.3) is 0 Å². The van der Waals surface area contributed by atoms with Crippen molar-refractivity contribution in [2.75, 3.05) is 6.61 Å². The van der Waals surface area contributed by atoms with Gasteiger partial charge in [-0.15, -0.1) is 0 Å². The van der Waals surface area contributed by atoms with Crippen LogP contribution in [0.3, 0.4) is 0 Å². The van der Waals surface area contributed by atoms with Gasteiger partial charge in [0.15, 0.2) is 0 Å². The summed E-state index contributed by atoms with van der Waals surface area (Å²) in [5.41, 5.74) is 0.470. The molecule has 1 aliphatic carbocycles. The van der Waals surface area contributed by atoms with Gasteiger partial charge in [0.25, 0.3) is 6.47 Å². The van der Waals surface area contributed by atoms with Gasteiger partial charge < -0.3 is 10.1 Å². The van der Waals surface area contributed by atoms with E-state index in [4.69, 9.17) is 4.74 Å². The zero-order valence-corrected chi connectivity index (χ0v) is 8.08. The second-order valence-corrected chi connectivity index (χ2v) is 4.40. The Bertz CT molecular complexity index is 197. The van der Waals surface area contributed by atoms with Crippen LogP contribution in [0.2, 0.25) is 0 Å². The lowest BCUT2D eigenvalue weighted by atomic mass is 9.80. The van der Waals surface area contributed by atoms with E-state index in [9.17, 15) is 4.79 Å². The van der Waals surface area contributed by atoms with Crippen molar-refractivity contribution in [2.45, 2.75) is 44.2 Å². The Morgan fingerprint density at radius 3 is 2.62 bits per heavy atom. The van der Waals surface area contributed by atoms with E-state index in [1.165, 1.54) is 25.7 Å². The fraction of sp³-hybridized carbons (Fsp3) is 0.900. The van der Waals surface area contributed by atoms with Gasteiger partial charge in [-0.05, 0) is 38.5 Å². The predicted molar refractivity (Wildman–Crippen MR) is 49.3 cm³/mol. The van der Waals surface area contributed by atoms with Crippen LogP contribution >= 0.6 is 0 Å². The Balaban J connectivity index is 1.73. The first-order valence-electron chi connectivity index (χ1n) is 5.10. The van der Waals surface area contributed by atoms with Gasteiger partial charge in [-0.25, -0.2) is 0 Å². The molecule has 0 aromatic rings. The third kappa shape index (κ3) is 1.70. The fourth-order valence-corrected chi connectivity index (χ4v) is 2.50. The minimum Gasteiger partial charge on any atom is -0.468 e. The van der Waals surface area contributed by atoms with E-state index in [1.54, 1.807) is 0 Å². The van der Waals surface area contributed by atoms with Gasteiger partial charge in [0.05, 0.1) is 6.61 Å². The first-order chi connectivity index (χ1) is 6.27. The lowest BCUT2D eigenvalue weighted by Crippen LogP contribution is -2.27. The van der Waals surface area contributed by atoms with Crippen molar-refractivity contribution in [2.24, 2.45) is 5.92 Å². The maximum atomic E-state index is 10.0. The molecular formula is C10H17NO2. The summed E-state index contributed by atoms with van der Waals surface area (Å²) < 4.78 is 4.79. The molecule has 0 aromatic carbocycles. The molecule has 3 nitrogen and oxygen atoms in total. The first-order valence-corrected chi connectivity index (χ1v) is 5.10. The van der Waals surface area contributed by atoms with Crippen LogP contribution in [0, 0.1) is 5.92 Å². The number of ether oxygens (including phenoxy) is 1. The zero-order valence-electron chi connectivity index (χ0n) is 8.08. The molecule has 1 atom stereocenters. The Morgan fingerprint density at radius 1 is 1.54 bits per heavy atom. The lowest BCUT2D eigenvalue weighted by molar-refractivity contribution is -0.130. The van der Waals surface area contributed by atoms with E-state index < -0.39 is 0 Å². The predicted octanol–water partition coefficient (Wildman–Crippen LogP) is 1.08. The third-order valence-corrected chi connectivity index (χ3v) is 3.65. The van der Waals surface area contributed by atoms with Crippen molar-refractivity contribution in [3.05, 3.63) is 0 Å². The lowest BCUT2D eigenvalue weighted by Gasteiger charge is -2.27. The smallest absolute Gasteiger partial charge is 0.293 e. The maximum Gasteiger partial charge on any atom is 0.293 e. The van der Waals surface area contributed by atoms with Gasteiger partial charge in [0.2, 0.25) is 0 Å². The number of hydrogen-bond donors (Lipinski definition) is 1. The van der Waals surface area contributed by atoms with Crippen LogP contribution < -0.4 is 5.32 Å². The van der Waals surface area contributed by atoms with Gasteiger partial charge in [-0.2, -0.15) is 0 Å². The Hall–Kier alpha value is -0.570. The Morgan fingerprint density at radius 2 is 2.15 bits per heavy atom. The topological polar surface area (TPSA) is 48.2 Å². The van der Waals surface area contributed by atoms with Crippen LogP contribution in [0.4, 0.5) is 0 Å². The van der Waals surface area contributed by atoms with Gasteiger partial charge in [0, 0.05) is 11.6 Å². The summed E-state index contributed by atoms with van der Waals surface area (Å²) in [6.45, 7) is 3.43. The number of nitrogens with one attached hydrogen (secondary N) is 1. The van der Waals surface area contributed by atoms with E-state index in [0.29, 0.717) is 30.6 Å². The van der Waals surface area contributed by atoms with Crippen LogP contribution in [-0.2, 0) is 9.53 Å². The highest BCUT2D eigenvalue weighted by molar-refractivity contribution is 5.36. The maximum absolute atomic E-state index is 10.0. The van der Waals surface area contributed by atoms with E-state index in [-0.39, 0.29) is 0 Å². The zero-order chi connectivity index (χ0) is 9.31. The van der Waals surface area contributed by atoms with Crippen molar-refractivity contribution >= 4 is 6.47 Å². The molecule has 0 bridgehead atoms. The monoisotopic (exact) mass is 183 g/mol. The van der Waals surface area contributed by atoms with Crippen molar-refractivity contribution in [3.8, 4) is 0 Å². The average molecular weight is 183 g/mol. The third-order valence-electron chi connectivity index (χ3n) is 3.65. The van der Waals surface area contributed by atoms with E-state index in [0.717, 1.165) is 0 Å². The standard InChI is InChI=1S/C10H17NO2/c1-8-10(11-8)4-2-9(3-5-10)6-13-7-12/h7-9,11H,2-6H2,1H3/t8?,9-,10+. The van der Waals surface area contributed by atoms with Crippen LogP contribution in [0.1, 0.15) is 32.6 Å². The number of carbonyl (C=O) groups excluding carboxylic acids is 1. The van der Waals surface area contributed by atoms with Crippen molar-refractivity contribution in [3.63, 3.8) is 0 Å². The summed E-state index contributed by atoms with van der Waals surface area (Å²) in [5.74, 6) is 0.602. The molecule has 13 heavy (non-hydrogen) atoms. The SMILES string of the molecule is CC1N[C@]12CC[C@@H](COC=O)CC2. The fourth-order valence-electron chi connectivity index (χ4n) is 2.50. The van der Waals surface area contributed by atoms with Crippen molar-refractivity contribution in [1.29, 1.82) is 0 Å². The van der Waals surface area contributed by atoms with Gasteiger partial charge in [-0.1, -0.05) is 0 Å². The van der Waals surface area contributed by atoms with E-state index in [2.05, 4.69) is 12.2 Å². The largest absolute Gasteiger partial charge is 0.468 e. The van der Waals surface area contributed by atoms with Gasteiger partial charge >= 0.3 is 0 Å². The molecule has 1 aliphatic heterocycles. The molecule has 0 radical (unpaired) electrons. The highest BCUT2D eigenvalue weighted by Gasteiger charge is 2.51. The molecule has 0 aromatic heterocycles. The molecule has 2 rings (SSSR count). The molecule has 2 aliphatic rings. The normalized spacial score (nSPS) is 43.2. The second kappa shape index (κ2) is 3.29. The Labute approximate surface area is 78.8 Å². The molecule has 0 amide bonds. The van der Waals surface area contributed by atoms with E-state index in [1.807, 2.05) is 0 Å². The average Bonchev–Trinajstić information content (AvgIpc) is 2.76. The summed E-state index contributed by atoms with van der Waals surface area (Å²) in [6, 6.07) is 0.709. The number of carbonyl (C=O) groups is 1. The molecule has 1 N–H and O–H groups in total. The van der Waals surface area contributed by atoms with Gasteiger partial charge in [0.1, 0.15) is 0 Å². The second-order valence-electron chi connectivity index (χ2n) is 4.40. The van der Waals surface area contributed by atoms with E-state index >= 15 is 0 Å². The molecule has 1 unspecified atom stereocenters. The van der Waals surface area contributed by atoms with Crippen LogP contribution in [0.5, 0.6) is 0 Å². The molecule has 1 saturated carbocycles. The minimum atomic E-state index is 0.470. The quantitative estimate of drug-likeness (QED) is 0.526. The molecule has 2 fully saturated rings.